The monoisotopic (exact) mass is 326 g/mol. The zero-order valence-electron chi connectivity index (χ0n) is 16.2. The summed E-state index contributed by atoms with van der Waals surface area (Å²) in [5.41, 5.74) is 5.24. The Morgan fingerprint density at radius 2 is 1.58 bits per heavy atom. The van der Waals surface area contributed by atoms with Crippen LogP contribution in [0.1, 0.15) is 76.6 Å². The van der Waals surface area contributed by atoms with Gasteiger partial charge in [0.2, 0.25) is 0 Å². The number of hydrogen-bond donors (Lipinski definition) is 0. The molecule has 0 aliphatic heterocycles. The van der Waals surface area contributed by atoms with Gasteiger partial charge in [0.25, 0.3) is 0 Å². The molecule has 0 unspecified atom stereocenters. The van der Waals surface area contributed by atoms with Crippen LogP contribution in [0.25, 0.3) is 0 Å². The van der Waals surface area contributed by atoms with Gasteiger partial charge in [-0.1, -0.05) is 78.8 Å². The Labute approximate surface area is 147 Å². The standard InChI is InChI=1S/C23H31F/c1-16(2)20-12-11-17(13-21(20)22(3,4)5)15-23(6,7)18-9-8-10-19(24)14-18/h8-14,16H,15H2,1-7H3. The summed E-state index contributed by atoms with van der Waals surface area (Å²) in [6, 6.07) is 13.9. The van der Waals surface area contributed by atoms with Gasteiger partial charge in [0.15, 0.2) is 0 Å². The highest BCUT2D eigenvalue weighted by molar-refractivity contribution is 5.40. The van der Waals surface area contributed by atoms with Crippen molar-refractivity contribution in [2.45, 2.75) is 71.6 Å². The van der Waals surface area contributed by atoms with Gasteiger partial charge in [-0.3, -0.25) is 0 Å². The quantitative estimate of drug-likeness (QED) is 0.582. The molecule has 1 heteroatoms. The molecule has 0 aliphatic carbocycles. The van der Waals surface area contributed by atoms with Crippen LogP contribution >= 0.6 is 0 Å². The minimum absolute atomic E-state index is 0.101. The number of halogens is 1. The first-order chi connectivity index (χ1) is 11.0. The summed E-state index contributed by atoms with van der Waals surface area (Å²) in [5, 5.41) is 0. The lowest BCUT2D eigenvalue weighted by molar-refractivity contribution is 0.512. The van der Waals surface area contributed by atoms with Crippen LogP contribution in [0.3, 0.4) is 0 Å². The zero-order chi connectivity index (χ0) is 18.1. The SMILES string of the molecule is CC(C)c1ccc(CC(C)(C)c2cccc(F)c2)cc1C(C)(C)C. The van der Waals surface area contributed by atoms with Gasteiger partial charge in [-0.05, 0) is 57.6 Å². The average Bonchev–Trinajstić information content (AvgIpc) is 2.45. The molecule has 0 aliphatic rings. The van der Waals surface area contributed by atoms with Gasteiger partial charge in [0.05, 0.1) is 0 Å². The Balaban J connectivity index is 2.39. The molecule has 0 spiro atoms. The largest absolute Gasteiger partial charge is 0.207 e. The molecule has 0 radical (unpaired) electrons. The van der Waals surface area contributed by atoms with Gasteiger partial charge in [-0.15, -0.1) is 0 Å². The van der Waals surface area contributed by atoms with Gasteiger partial charge in [-0.25, -0.2) is 4.39 Å². The van der Waals surface area contributed by atoms with E-state index >= 15 is 0 Å². The van der Waals surface area contributed by atoms with Crippen molar-refractivity contribution < 1.29 is 4.39 Å². The third-order valence-electron chi connectivity index (χ3n) is 4.80. The first kappa shape index (κ1) is 18.7. The van der Waals surface area contributed by atoms with Crippen LogP contribution in [0.4, 0.5) is 4.39 Å². The Kier molecular flexibility index (Phi) is 5.22. The highest BCUT2D eigenvalue weighted by Crippen LogP contribution is 2.34. The van der Waals surface area contributed by atoms with Crippen LogP contribution in [0.15, 0.2) is 42.5 Å². The van der Waals surface area contributed by atoms with Gasteiger partial charge in [-0.2, -0.15) is 0 Å². The highest BCUT2D eigenvalue weighted by Gasteiger charge is 2.24. The molecule has 130 valence electrons. The fraction of sp³-hybridized carbons (Fsp3) is 0.478. The Morgan fingerprint density at radius 1 is 0.917 bits per heavy atom. The van der Waals surface area contributed by atoms with Gasteiger partial charge < -0.3 is 0 Å². The van der Waals surface area contributed by atoms with Crippen molar-refractivity contribution >= 4 is 0 Å². The van der Waals surface area contributed by atoms with Crippen molar-refractivity contribution in [2.75, 3.05) is 0 Å². The lowest BCUT2D eigenvalue weighted by atomic mass is 9.76. The molecule has 0 atom stereocenters. The maximum absolute atomic E-state index is 13.6. The minimum Gasteiger partial charge on any atom is -0.207 e. The van der Waals surface area contributed by atoms with Gasteiger partial charge in [0, 0.05) is 0 Å². The van der Waals surface area contributed by atoms with E-state index in [1.165, 1.54) is 22.8 Å². The molecule has 0 N–H and O–H groups in total. The molecule has 0 bridgehead atoms. The third-order valence-corrected chi connectivity index (χ3v) is 4.80. The summed E-state index contributed by atoms with van der Waals surface area (Å²) in [6.07, 6.45) is 0.901. The molecular weight excluding hydrogens is 295 g/mol. The first-order valence-corrected chi connectivity index (χ1v) is 8.90. The average molecular weight is 326 g/mol. The predicted molar refractivity (Wildman–Crippen MR) is 102 cm³/mol. The van der Waals surface area contributed by atoms with E-state index in [2.05, 4.69) is 66.7 Å². The van der Waals surface area contributed by atoms with E-state index in [1.807, 2.05) is 6.07 Å². The van der Waals surface area contributed by atoms with Crippen molar-refractivity contribution in [3.63, 3.8) is 0 Å². The smallest absolute Gasteiger partial charge is 0.123 e. The molecule has 0 heterocycles. The van der Waals surface area contributed by atoms with E-state index in [-0.39, 0.29) is 16.6 Å². The fourth-order valence-corrected chi connectivity index (χ4v) is 3.39. The van der Waals surface area contributed by atoms with E-state index in [0.29, 0.717) is 5.92 Å². The fourth-order valence-electron chi connectivity index (χ4n) is 3.39. The summed E-state index contributed by atoms with van der Waals surface area (Å²) in [5.74, 6) is 0.357. The Bertz CT molecular complexity index is 702. The lowest BCUT2D eigenvalue weighted by Crippen LogP contribution is -2.22. The molecule has 0 amide bonds. The summed E-state index contributed by atoms with van der Waals surface area (Å²) in [4.78, 5) is 0. The maximum atomic E-state index is 13.6. The van der Waals surface area contributed by atoms with Crippen molar-refractivity contribution in [1.29, 1.82) is 0 Å². The second kappa shape index (κ2) is 6.70. The number of hydrogen-bond acceptors (Lipinski definition) is 0. The van der Waals surface area contributed by atoms with Crippen molar-refractivity contribution in [3.05, 3.63) is 70.5 Å². The summed E-state index contributed by atoms with van der Waals surface area (Å²) >= 11 is 0. The molecule has 2 aromatic carbocycles. The molecule has 0 saturated heterocycles. The zero-order valence-corrected chi connectivity index (χ0v) is 16.2. The van der Waals surface area contributed by atoms with Crippen LogP contribution in [0.2, 0.25) is 0 Å². The molecule has 0 fully saturated rings. The van der Waals surface area contributed by atoms with E-state index in [4.69, 9.17) is 0 Å². The first-order valence-electron chi connectivity index (χ1n) is 8.90. The van der Waals surface area contributed by atoms with E-state index in [9.17, 15) is 4.39 Å². The van der Waals surface area contributed by atoms with Crippen molar-refractivity contribution in [3.8, 4) is 0 Å². The van der Waals surface area contributed by atoms with Crippen molar-refractivity contribution in [2.24, 2.45) is 0 Å². The molecule has 2 aromatic rings. The molecule has 0 nitrogen and oxygen atoms in total. The molecule has 0 saturated carbocycles. The van der Waals surface area contributed by atoms with Crippen LogP contribution in [-0.2, 0) is 17.3 Å². The third kappa shape index (κ3) is 4.26. The van der Waals surface area contributed by atoms with E-state index < -0.39 is 0 Å². The van der Waals surface area contributed by atoms with Crippen LogP contribution in [0.5, 0.6) is 0 Å². The predicted octanol–water partition coefficient (Wildman–Crippen LogP) is 6.77. The molecular formula is C23H31F. The Hall–Kier alpha value is -1.63. The number of benzene rings is 2. The summed E-state index contributed by atoms with van der Waals surface area (Å²) in [6.45, 7) is 15.7. The lowest BCUT2D eigenvalue weighted by Gasteiger charge is -2.29. The van der Waals surface area contributed by atoms with Gasteiger partial charge >= 0.3 is 0 Å². The van der Waals surface area contributed by atoms with Crippen LogP contribution in [0, 0.1) is 5.82 Å². The normalized spacial score (nSPS) is 12.7. The molecule has 24 heavy (non-hydrogen) atoms. The second-order valence-electron chi connectivity index (χ2n) is 8.90. The highest BCUT2D eigenvalue weighted by atomic mass is 19.1. The van der Waals surface area contributed by atoms with Crippen molar-refractivity contribution in [1.82, 2.24) is 0 Å². The van der Waals surface area contributed by atoms with Crippen LogP contribution < -0.4 is 0 Å². The molecule has 0 aromatic heterocycles. The maximum Gasteiger partial charge on any atom is 0.123 e. The van der Waals surface area contributed by atoms with E-state index in [1.54, 1.807) is 12.1 Å². The molecule has 2 rings (SSSR count). The van der Waals surface area contributed by atoms with Gasteiger partial charge in [0.1, 0.15) is 5.82 Å². The van der Waals surface area contributed by atoms with Crippen LogP contribution in [-0.4, -0.2) is 0 Å². The Morgan fingerprint density at radius 3 is 2.12 bits per heavy atom. The minimum atomic E-state index is -0.161. The summed E-state index contributed by atoms with van der Waals surface area (Å²) < 4.78 is 13.6. The summed E-state index contributed by atoms with van der Waals surface area (Å²) in [7, 11) is 0. The topological polar surface area (TPSA) is 0 Å². The number of rotatable bonds is 4. The van der Waals surface area contributed by atoms with E-state index in [0.717, 1.165) is 12.0 Å². The second-order valence-corrected chi connectivity index (χ2v) is 8.90.